The first kappa shape index (κ1) is 14.7. The van der Waals surface area contributed by atoms with Crippen LogP contribution >= 0.6 is 0 Å². The van der Waals surface area contributed by atoms with Crippen LogP contribution in [0.15, 0.2) is 18.2 Å². The third-order valence-electron chi connectivity index (χ3n) is 2.72. The van der Waals surface area contributed by atoms with E-state index in [4.69, 9.17) is 5.73 Å². The summed E-state index contributed by atoms with van der Waals surface area (Å²) in [5.41, 5.74) is 4.77. The van der Waals surface area contributed by atoms with Crippen LogP contribution in [-0.2, 0) is 6.18 Å². The van der Waals surface area contributed by atoms with E-state index in [0.717, 1.165) is 31.7 Å². The molecule has 0 saturated heterocycles. The number of unbranched alkanes of at least 4 members (excludes halogenated alkanes) is 3. The zero-order valence-corrected chi connectivity index (χ0v) is 10.5. The lowest BCUT2D eigenvalue weighted by Crippen LogP contribution is -2.10. The van der Waals surface area contributed by atoms with Crippen molar-refractivity contribution in [1.29, 1.82) is 0 Å². The highest BCUT2D eigenvalue weighted by Crippen LogP contribution is 2.35. The predicted octanol–water partition coefficient (Wildman–Crippen LogP) is 4.28. The Labute approximate surface area is 105 Å². The van der Waals surface area contributed by atoms with Crippen LogP contribution in [0.2, 0.25) is 0 Å². The average Bonchev–Trinajstić information content (AvgIpc) is 2.29. The molecule has 102 valence electrons. The molecule has 0 bridgehead atoms. The Morgan fingerprint density at radius 2 is 1.89 bits per heavy atom. The van der Waals surface area contributed by atoms with Crippen molar-refractivity contribution in [3.63, 3.8) is 0 Å². The minimum absolute atomic E-state index is 0.237. The summed E-state index contributed by atoms with van der Waals surface area (Å²) < 4.78 is 37.8. The van der Waals surface area contributed by atoms with E-state index in [9.17, 15) is 13.2 Å². The lowest BCUT2D eigenvalue weighted by Gasteiger charge is -2.13. The van der Waals surface area contributed by atoms with Crippen molar-refractivity contribution < 1.29 is 13.2 Å². The van der Waals surface area contributed by atoms with Crippen LogP contribution in [0.3, 0.4) is 0 Å². The molecule has 0 aliphatic rings. The van der Waals surface area contributed by atoms with Gasteiger partial charge in [0.25, 0.3) is 0 Å². The van der Waals surface area contributed by atoms with Gasteiger partial charge < -0.3 is 11.1 Å². The van der Waals surface area contributed by atoms with Gasteiger partial charge in [-0.1, -0.05) is 26.2 Å². The molecule has 0 fully saturated rings. The maximum Gasteiger partial charge on any atom is 0.418 e. The Hall–Kier alpha value is -1.39. The molecule has 0 heterocycles. The van der Waals surface area contributed by atoms with Gasteiger partial charge in [-0.15, -0.1) is 0 Å². The maximum atomic E-state index is 12.6. The topological polar surface area (TPSA) is 38.0 Å². The second-order valence-corrected chi connectivity index (χ2v) is 4.29. The number of hydrogen-bond acceptors (Lipinski definition) is 2. The van der Waals surface area contributed by atoms with Crippen LogP contribution in [-0.4, -0.2) is 6.54 Å². The Morgan fingerprint density at radius 1 is 1.17 bits per heavy atom. The number of anilines is 2. The van der Waals surface area contributed by atoms with Crippen LogP contribution < -0.4 is 11.1 Å². The number of nitrogens with two attached hydrogens (primary N) is 1. The van der Waals surface area contributed by atoms with Crippen LogP contribution in [0, 0.1) is 0 Å². The molecule has 0 spiro atoms. The lowest BCUT2D eigenvalue weighted by atomic mass is 10.1. The average molecular weight is 260 g/mol. The first-order chi connectivity index (χ1) is 8.45. The number of hydrogen-bond donors (Lipinski definition) is 2. The quantitative estimate of drug-likeness (QED) is 0.591. The Kier molecular flexibility index (Phi) is 5.31. The molecule has 0 amide bonds. The van der Waals surface area contributed by atoms with Crippen molar-refractivity contribution in [1.82, 2.24) is 0 Å². The first-order valence-electron chi connectivity index (χ1n) is 6.15. The molecular formula is C13H19F3N2. The molecule has 1 rings (SSSR count). The van der Waals surface area contributed by atoms with Gasteiger partial charge in [-0.25, -0.2) is 0 Å². The number of rotatable bonds is 6. The second kappa shape index (κ2) is 6.52. The minimum Gasteiger partial charge on any atom is -0.398 e. The number of alkyl halides is 3. The van der Waals surface area contributed by atoms with Crippen LogP contribution in [0.4, 0.5) is 24.5 Å². The normalized spacial score (nSPS) is 11.6. The molecule has 0 aliphatic heterocycles. The molecule has 0 saturated carbocycles. The van der Waals surface area contributed by atoms with Crippen molar-refractivity contribution in [3.8, 4) is 0 Å². The fourth-order valence-electron chi connectivity index (χ4n) is 1.70. The van der Waals surface area contributed by atoms with Gasteiger partial charge in [0.1, 0.15) is 0 Å². The highest BCUT2D eigenvalue weighted by molar-refractivity contribution is 5.58. The minimum atomic E-state index is -4.40. The van der Waals surface area contributed by atoms with Crippen molar-refractivity contribution in [3.05, 3.63) is 23.8 Å². The summed E-state index contributed by atoms with van der Waals surface area (Å²) in [6.45, 7) is 2.80. The van der Waals surface area contributed by atoms with E-state index in [0.29, 0.717) is 12.2 Å². The molecule has 0 aromatic heterocycles. The molecule has 18 heavy (non-hydrogen) atoms. The molecule has 1 aromatic rings. The number of nitrogens with one attached hydrogen (secondary N) is 1. The Bertz CT molecular complexity index is 375. The molecule has 2 nitrogen and oxygen atoms in total. The fraction of sp³-hybridized carbons (Fsp3) is 0.538. The molecule has 0 unspecified atom stereocenters. The second-order valence-electron chi connectivity index (χ2n) is 4.29. The molecule has 1 aromatic carbocycles. The lowest BCUT2D eigenvalue weighted by molar-refractivity contribution is -0.136. The Morgan fingerprint density at radius 3 is 2.50 bits per heavy atom. The molecule has 3 N–H and O–H groups in total. The molecular weight excluding hydrogens is 241 g/mol. The zero-order chi connectivity index (χ0) is 13.6. The maximum absolute atomic E-state index is 12.6. The van der Waals surface area contributed by atoms with Crippen LogP contribution in [0.1, 0.15) is 38.2 Å². The van der Waals surface area contributed by atoms with Crippen LogP contribution in [0.5, 0.6) is 0 Å². The third kappa shape index (κ3) is 4.47. The van der Waals surface area contributed by atoms with Gasteiger partial charge in [-0.3, -0.25) is 0 Å². The van der Waals surface area contributed by atoms with E-state index >= 15 is 0 Å². The van der Waals surface area contributed by atoms with E-state index in [1.165, 1.54) is 6.07 Å². The summed E-state index contributed by atoms with van der Waals surface area (Å²) in [5.74, 6) is 0. The molecule has 0 atom stereocenters. The molecule has 0 radical (unpaired) electrons. The summed E-state index contributed by atoms with van der Waals surface area (Å²) in [5, 5.41) is 2.99. The largest absolute Gasteiger partial charge is 0.418 e. The summed E-state index contributed by atoms with van der Waals surface area (Å²) in [4.78, 5) is 0. The summed E-state index contributed by atoms with van der Waals surface area (Å²) in [6.07, 6.45) is -0.0640. The van der Waals surface area contributed by atoms with Gasteiger partial charge in [0.05, 0.1) is 5.56 Å². The molecule has 5 heteroatoms. The van der Waals surface area contributed by atoms with Crippen LogP contribution in [0.25, 0.3) is 0 Å². The van der Waals surface area contributed by atoms with Gasteiger partial charge in [-0.2, -0.15) is 13.2 Å². The fourth-order valence-corrected chi connectivity index (χ4v) is 1.70. The zero-order valence-electron chi connectivity index (χ0n) is 10.5. The Balaban J connectivity index is 2.57. The smallest absolute Gasteiger partial charge is 0.398 e. The summed E-state index contributed by atoms with van der Waals surface area (Å²) in [6, 6.07) is 3.93. The number of benzene rings is 1. The van der Waals surface area contributed by atoms with Gasteiger partial charge in [0, 0.05) is 17.9 Å². The monoisotopic (exact) mass is 260 g/mol. The number of nitrogen functional groups attached to an aromatic ring is 1. The van der Waals surface area contributed by atoms with Crippen molar-refractivity contribution in [2.45, 2.75) is 38.8 Å². The van der Waals surface area contributed by atoms with E-state index in [1.807, 2.05) is 0 Å². The first-order valence-corrected chi connectivity index (χ1v) is 6.15. The van der Waals surface area contributed by atoms with E-state index in [1.54, 1.807) is 6.07 Å². The highest BCUT2D eigenvalue weighted by Gasteiger charge is 2.33. The van der Waals surface area contributed by atoms with Crippen molar-refractivity contribution in [2.24, 2.45) is 0 Å². The number of halogens is 3. The van der Waals surface area contributed by atoms with E-state index < -0.39 is 11.7 Å². The third-order valence-corrected chi connectivity index (χ3v) is 2.72. The molecule has 0 aliphatic carbocycles. The summed E-state index contributed by atoms with van der Waals surface area (Å²) in [7, 11) is 0. The van der Waals surface area contributed by atoms with E-state index in [2.05, 4.69) is 12.2 Å². The summed E-state index contributed by atoms with van der Waals surface area (Å²) >= 11 is 0. The van der Waals surface area contributed by atoms with Gasteiger partial charge in [0.15, 0.2) is 0 Å². The van der Waals surface area contributed by atoms with Gasteiger partial charge >= 0.3 is 6.18 Å². The highest BCUT2D eigenvalue weighted by atomic mass is 19.4. The standard InChI is InChI=1S/C13H19F3N2/c1-2-3-4-5-8-18-10-6-7-12(17)11(9-10)13(14,15)16/h6-7,9,18H,2-5,8,17H2,1H3. The SMILES string of the molecule is CCCCCCNc1ccc(N)c(C(F)(F)F)c1. The van der Waals surface area contributed by atoms with Gasteiger partial charge in [-0.05, 0) is 24.6 Å². The van der Waals surface area contributed by atoms with Gasteiger partial charge in [0.2, 0.25) is 0 Å². The van der Waals surface area contributed by atoms with Crippen molar-refractivity contribution in [2.75, 3.05) is 17.6 Å². The van der Waals surface area contributed by atoms with E-state index in [-0.39, 0.29) is 5.69 Å². The van der Waals surface area contributed by atoms with Crippen molar-refractivity contribution >= 4 is 11.4 Å². The predicted molar refractivity (Wildman–Crippen MR) is 68.5 cm³/mol.